The van der Waals surface area contributed by atoms with Crippen LogP contribution in [0.2, 0.25) is 0 Å². The molecule has 1 unspecified atom stereocenters. The van der Waals surface area contributed by atoms with E-state index < -0.39 is 0 Å². The Morgan fingerprint density at radius 3 is 2.90 bits per heavy atom. The number of fused-ring (bicyclic) bond motifs is 1. The van der Waals surface area contributed by atoms with Gasteiger partial charge in [0.05, 0.1) is 5.69 Å². The predicted octanol–water partition coefficient (Wildman–Crippen LogP) is 3.87. The van der Waals surface area contributed by atoms with Gasteiger partial charge in [-0.25, -0.2) is 4.98 Å². The van der Waals surface area contributed by atoms with Gasteiger partial charge in [-0.2, -0.15) is 0 Å². The highest BCUT2D eigenvalue weighted by atomic mass is 32.2. The van der Waals surface area contributed by atoms with Gasteiger partial charge >= 0.3 is 0 Å². The number of hydrogen-bond acceptors (Lipinski definition) is 3. The van der Waals surface area contributed by atoms with E-state index in [1.165, 1.54) is 16.9 Å². The molecule has 1 aliphatic rings. The lowest BCUT2D eigenvalue weighted by Gasteiger charge is -2.21. The van der Waals surface area contributed by atoms with Gasteiger partial charge in [0, 0.05) is 56.1 Å². The van der Waals surface area contributed by atoms with Crippen molar-refractivity contribution in [3.8, 4) is 0 Å². The molecule has 1 aliphatic heterocycles. The minimum atomic E-state index is 0.708. The van der Waals surface area contributed by atoms with Crippen molar-refractivity contribution in [2.75, 3.05) is 32.4 Å². The molecule has 152 valence electrons. The third kappa shape index (κ3) is 4.93. The topological polar surface area (TPSA) is 44.9 Å². The summed E-state index contributed by atoms with van der Waals surface area (Å²) in [7, 11) is 1.88. The summed E-state index contributed by atoms with van der Waals surface area (Å²) in [6.07, 6.45) is 6.30. The molecule has 1 atom stereocenters. The number of benzene rings is 1. The van der Waals surface area contributed by atoms with E-state index in [9.17, 15) is 0 Å². The molecule has 4 rings (SSSR count). The highest BCUT2D eigenvalue weighted by Crippen LogP contribution is 2.25. The summed E-state index contributed by atoms with van der Waals surface area (Å²) in [4.78, 5) is 13.0. The second-order valence-corrected chi connectivity index (χ2v) is 8.70. The van der Waals surface area contributed by atoms with Gasteiger partial charge in [0.2, 0.25) is 0 Å². The Labute approximate surface area is 177 Å². The Bertz CT molecular complexity index is 966. The fourth-order valence-electron chi connectivity index (χ4n) is 3.85. The van der Waals surface area contributed by atoms with E-state index in [2.05, 4.69) is 81.4 Å². The molecule has 3 aromatic rings. The fraction of sp³-hybridized carbons (Fsp3) is 0.391. The maximum atomic E-state index is 4.76. The number of likely N-dealkylation sites (tertiary alicyclic amines) is 1. The van der Waals surface area contributed by atoms with Gasteiger partial charge in [-0.3, -0.25) is 4.99 Å². The molecule has 1 saturated heterocycles. The molecule has 0 radical (unpaired) electrons. The molecule has 2 aromatic heterocycles. The molecule has 6 heteroatoms. The van der Waals surface area contributed by atoms with Crippen molar-refractivity contribution in [2.45, 2.75) is 24.7 Å². The van der Waals surface area contributed by atoms with Crippen LogP contribution in [0.15, 0.2) is 64.7 Å². The second-order valence-electron chi connectivity index (χ2n) is 7.60. The third-order valence-electron chi connectivity index (χ3n) is 5.42. The molecular weight excluding hydrogens is 378 g/mol. The fourth-order valence-corrected chi connectivity index (χ4v) is 4.90. The van der Waals surface area contributed by atoms with Crippen molar-refractivity contribution >= 4 is 23.4 Å². The number of aliphatic imine (C=N–C) groups is 1. The number of thioether (sulfide) groups is 1. The molecule has 0 aliphatic carbocycles. The summed E-state index contributed by atoms with van der Waals surface area (Å²) in [6, 6.07) is 14.8. The molecule has 1 aromatic carbocycles. The zero-order valence-corrected chi connectivity index (χ0v) is 18.0. The minimum absolute atomic E-state index is 0.708. The van der Waals surface area contributed by atoms with Crippen molar-refractivity contribution in [1.82, 2.24) is 19.6 Å². The largest absolute Gasteiger partial charge is 0.356 e. The summed E-state index contributed by atoms with van der Waals surface area (Å²) in [6.45, 7) is 5.10. The minimum Gasteiger partial charge on any atom is -0.356 e. The van der Waals surface area contributed by atoms with Crippen LogP contribution in [0.25, 0.3) is 5.65 Å². The summed E-state index contributed by atoms with van der Waals surface area (Å²) >= 11 is 1.96. The first kappa shape index (κ1) is 19.8. The van der Waals surface area contributed by atoms with Gasteiger partial charge in [-0.1, -0.05) is 24.3 Å². The summed E-state index contributed by atoms with van der Waals surface area (Å²) in [5.74, 6) is 2.88. The summed E-state index contributed by atoms with van der Waals surface area (Å²) in [5.41, 5.74) is 3.37. The number of pyridine rings is 1. The number of aromatic nitrogens is 2. The molecule has 0 bridgehead atoms. The Morgan fingerprint density at radius 1 is 1.24 bits per heavy atom. The third-order valence-corrected chi connectivity index (χ3v) is 6.66. The Balaban J connectivity index is 1.25. The maximum Gasteiger partial charge on any atom is 0.193 e. The lowest BCUT2D eigenvalue weighted by atomic mass is 10.2. The van der Waals surface area contributed by atoms with Crippen molar-refractivity contribution in [3.63, 3.8) is 0 Å². The van der Waals surface area contributed by atoms with Crippen LogP contribution < -0.4 is 5.32 Å². The quantitative estimate of drug-likeness (QED) is 0.383. The van der Waals surface area contributed by atoms with Crippen molar-refractivity contribution in [1.29, 1.82) is 0 Å². The molecule has 0 amide bonds. The van der Waals surface area contributed by atoms with E-state index in [-0.39, 0.29) is 0 Å². The first-order valence-corrected chi connectivity index (χ1v) is 11.3. The number of rotatable bonds is 6. The van der Waals surface area contributed by atoms with E-state index in [0.717, 1.165) is 49.1 Å². The standard InChI is InChI=1S/C23H29N5S/c1-18-7-6-13-27-16-20(26-22(18)27)10-12-25-23(24-2)28-14-11-19(15-28)17-29-21-8-4-3-5-9-21/h3-9,13,16,19H,10-12,14-15,17H2,1-2H3,(H,24,25). The van der Waals surface area contributed by atoms with Crippen LogP contribution in [0.5, 0.6) is 0 Å². The van der Waals surface area contributed by atoms with Gasteiger partial charge in [0.15, 0.2) is 5.96 Å². The zero-order chi connectivity index (χ0) is 20.1. The van der Waals surface area contributed by atoms with E-state index >= 15 is 0 Å². The number of hydrogen-bond donors (Lipinski definition) is 1. The van der Waals surface area contributed by atoms with Crippen LogP contribution in [0.3, 0.4) is 0 Å². The number of aryl methyl sites for hydroxylation is 1. The summed E-state index contributed by atoms with van der Waals surface area (Å²) in [5, 5.41) is 3.53. The van der Waals surface area contributed by atoms with E-state index in [1.54, 1.807) is 0 Å². The summed E-state index contributed by atoms with van der Waals surface area (Å²) < 4.78 is 2.11. The maximum absolute atomic E-state index is 4.76. The van der Waals surface area contributed by atoms with Gasteiger partial charge in [-0.05, 0) is 43.0 Å². The van der Waals surface area contributed by atoms with Crippen LogP contribution in [-0.4, -0.2) is 52.7 Å². The van der Waals surface area contributed by atoms with Crippen LogP contribution in [0.1, 0.15) is 17.7 Å². The molecule has 29 heavy (non-hydrogen) atoms. The van der Waals surface area contributed by atoms with Gasteiger partial charge in [0.1, 0.15) is 5.65 Å². The van der Waals surface area contributed by atoms with Gasteiger partial charge < -0.3 is 14.6 Å². The average Bonchev–Trinajstić information content (AvgIpc) is 3.38. The van der Waals surface area contributed by atoms with Crippen LogP contribution >= 0.6 is 11.8 Å². The number of nitrogens with one attached hydrogen (secondary N) is 1. The van der Waals surface area contributed by atoms with Gasteiger partial charge in [0.25, 0.3) is 0 Å². The molecule has 0 spiro atoms. The monoisotopic (exact) mass is 407 g/mol. The predicted molar refractivity (Wildman–Crippen MR) is 122 cm³/mol. The van der Waals surface area contributed by atoms with Crippen LogP contribution in [-0.2, 0) is 6.42 Å². The van der Waals surface area contributed by atoms with Crippen molar-refractivity contribution in [3.05, 3.63) is 66.1 Å². The van der Waals surface area contributed by atoms with E-state index in [4.69, 9.17) is 4.98 Å². The average molecular weight is 408 g/mol. The highest BCUT2D eigenvalue weighted by molar-refractivity contribution is 7.99. The smallest absolute Gasteiger partial charge is 0.193 e. The van der Waals surface area contributed by atoms with Crippen molar-refractivity contribution < 1.29 is 0 Å². The Hall–Kier alpha value is -2.47. The SMILES string of the molecule is CN=C(NCCc1cn2cccc(C)c2n1)N1CCC(CSc2ccccc2)C1. The molecule has 1 N–H and O–H groups in total. The number of imidazole rings is 1. The van der Waals surface area contributed by atoms with Crippen LogP contribution in [0.4, 0.5) is 0 Å². The Kier molecular flexibility index (Phi) is 6.39. The molecule has 1 fully saturated rings. The van der Waals surface area contributed by atoms with Crippen LogP contribution in [0, 0.1) is 12.8 Å². The molecule has 3 heterocycles. The molecule has 0 saturated carbocycles. The molecular formula is C23H29N5S. The zero-order valence-electron chi connectivity index (χ0n) is 17.2. The second kappa shape index (κ2) is 9.35. The first-order valence-electron chi connectivity index (χ1n) is 10.3. The lowest BCUT2D eigenvalue weighted by molar-refractivity contribution is 0.475. The lowest BCUT2D eigenvalue weighted by Crippen LogP contribution is -2.41. The van der Waals surface area contributed by atoms with Crippen molar-refractivity contribution in [2.24, 2.45) is 10.9 Å². The highest BCUT2D eigenvalue weighted by Gasteiger charge is 2.24. The van der Waals surface area contributed by atoms with Gasteiger partial charge in [-0.15, -0.1) is 11.8 Å². The number of nitrogens with zero attached hydrogens (tertiary/aromatic N) is 4. The van der Waals surface area contributed by atoms with E-state index in [1.807, 2.05) is 18.8 Å². The number of guanidine groups is 1. The van der Waals surface area contributed by atoms with E-state index in [0.29, 0.717) is 5.92 Å². The molecule has 5 nitrogen and oxygen atoms in total. The first-order chi connectivity index (χ1) is 14.2. The Morgan fingerprint density at radius 2 is 2.10 bits per heavy atom. The normalized spacial score (nSPS) is 17.2.